The number of aromatic nitrogens is 2. The average Bonchev–Trinajstić information content (AvgIpc) is 2.07. The lowest BCUT2D eigenvalue weighted by Crippen LogP contribution is -2.00. The molecule has 1 aromatic heterocycles. The monoisotopic (exact) mass is 151 g/mol. The van der Waals surface area contributed by atoms with E-state index >= 15 is 0 Å². The van der Waals surface area contributed by atoms with Crippen LogP contribution in [0.25, 0.3) is 0 Å². The summed E-state index contributed by atoms with van der Waals surface area (Å²) in [6.45, 7) is 2.63. The summed E-state index contributed by atoms with van der Waals surface area (Å²) in [5.41, 5.74) is 6.38. The molecular weight excluding hydrogens is 138 g/mol. The molecule has 0 atom stereocenters. The molecule has 0 aliphatic carbocycles. The SMILES string of the molecule is CCCc1ncc(CN)cn1. The van der Waals surface area contributed by atoms with E-state index in [0.29, 0.717) is 6.54 Å². The predicted molar refractivity (Wildman–Crippen MR) is 43.9 cm³/mol. The lowest BCUT2D eigenvalue weighted by Gasteiger charge is -1.97. The molecule has 0 amide bonds. The molecule has 0 aliphatic heterocycles. The van der Waals surface area contributed by atoms with Crippen LogP contribution >= 0.6 is 0 Å². The molecule has 1 heterocycles. The zero-order valence-corrected chi connectivity index (χ0v) is 6.75. The Hall–Kier alpha value is -0.960. The molecule has 0 fully saturated rings. The van der Waals surface area contributed by atoms with Gasteiger partial charge in [-0.1, -0.05) is 6.92 Å². The lowest BCUT2D eigenvalue weighted by molar-refractivity contribution is 0.823. The number of nitrogens with zero attached hydrogens (tertiary/aromatic N) is 2. The van der Waals surface area contributed by atoms with E-state index in [4.69, 9.17) is 5.73 Å². The topological polar surface area (TPSA) is 51.8 Å². The number of hydrogen-bond acceptors (Lipinski definition) is 3. The van der Waals surface area contributed by atoms with E-state index in [1.807, 2.05) is 0 Å². The summed E-state index contributed by atoms with van der Waals surface area (Å²) in [6.07, 6.45) is 5.61. The fourth-order valence-corrected chi connectivity index (χ4v) is 0.840. The van der Waals surface area contributed by atoms with Crippen LogP contribution in [0.15, 0.2) is 12.4 Å². The smallest absolute Gasteiger partial charge is 0.128 e. The number of aryl methyl sites for hydroxylation is 1. The van der Waals surface area contributed by atoms with Gasteiger partial charge in [-0.05, 0) is 6.42 Å². The molecule has 0 saturated carbocycles. The van der Waals surface area contributed by atoms with Gasteiger partial charge < -0.3 is 5.73 Å². The highest BCUT2D eigenvalue weighted by Crippen LogP contribution is 1.96. The molecule has 60 valence electrons. The minimum Gasteiger partial charge on any atom is -0.326 e. The number of hydrogen-bond donors (Lipinski definition) is 1. The van der Waals surface area contributed by atoms with Gasteiger partial charge in [-0.2, -0.15) is 0 Å². The Balaban J connectivity index is 2.66. The lowest BCUT2D eigenvalue weighted by atomic mass is 10.3. The summed E-state index contributed by atoms with van der Waals surface area (Å²) < 4.78 is 0. The van der Waals surface area contributed by atoms with Gasteiger partial charge >= 0.3 is 0 Å². The van der Waals surface area contributed by atoms with Crippen LogP contribution in [0, 0.1) is 0 Å². The normalized spacial score (nSPS) is 10.0. The van der Waals surface area contributed by atoms with Crippen molar-refractivity contribution in [2.45, 2.75) is 26.3 Å². The van der Waals surface area contributed by atoms with Crippen molar-refractivity contribution < 1.29 is 0 Å². The molecule has 0 radical (unpaired) electrons. The Kier molecular flexibility index (Phi) is 2.98. The molecule has 0 spiro atoms. The molecule has 0 unspecified atom stereocenters. The van der Waals surface area contributed by atoms with Crippen LogP contribution in [-0.2, 0) is 13.0 Å². The molecular formula is C8H13N3. The zero-order chi connectivity index (χ0) is 8.10. The fourth-order valence-electron chi connectivity index (χ4n) is 0.840. The molecule has 2 N–H and O–H groups in total. The van der Waals surface area contributed by atoms with Gasteiger partial charge in [0, 0.05) is 30.9 Å². The van der Waals surface area contributed by atoms with Crippen molar-refractivity contribution in [3.63, 3.8) is 0 Å². The zero-order valence-electron chi connectivity index (χ0n) is 6.75. The van der Waals surface area contributed by atoms with E-state index in [2.05, 4.69) is 16.9 Å². The first-order valence-electron chi connectivity index (χ1n) is 3.86. The molecule has 0 bridgehead atoms. The van der Waals surface area contributed by atoms with E-state index in [9.17, 15) is 0 Å². The minimum atomic E-state index is 0.520. The van der Waals surface area contributed by atoms with Crippen molar-refractivity contribution >= 4 is 0 Å². The second-order valence-corrected chi connectivity index (χ2v) is 2.46. The fraction of sp³-hybridized carbons (Fsp3) is 0.500. The molecule has 3 nitrogen and oxygen atoms in total. The standard InChI is InChI=1S/C8H13N3/c1-2-3-8-10-5-7(4-9)6-11-8/h5-6H,2-4,9H2,1H3. The van der Waals surface area contributed by atoms with Gasteiger partial charge in [0.25, 0.3) is 0 Å². The third kappa shape index (κ3) is 2.27. The highest BCUT2D eigenvalue weighted by atomic mass is 14.9. The number of rotatable bonds is 3. The van der Waals surface area contributed by atoms with Crippen LogP contribution in [0.4, 0.5) is 0 Å². The summed E-state index contributed by atoms with van der Waals surface area (Å²) in [7, 11) is 0. The molecule has 0 aromatic carbocycles. The first-order valence-corrected chi connectivity index (χ1v) is 3.86. The maximum atomic E-state index is 5.39. The Labute approximate surface area is 66.7 Å². The van der Waals surface area contributed by atoms with Crippen molar-refractivity contribution in [2.75, 3.05) is 0 Å². The second-order valence-electron chi connectivity index (χ2n) is 2.46. The summed E-state index contributed by atoms with van der Waals surface area (Å²) >= 11 is 0. The summed E-state index contributed by atoms with van der Waals surface area (Å²) in [4.78, 5) is 8.30. The average molecular weight is 151 g/mol. The van der Waals surface area contributed by atoms with Crippen molar-refractivity contribution in [3.05, 3.63) is 23.8 Å². The van der Waals surface area contributed by atoms with Crippen LogP contribution in [0.1, 0.15) is 24.7 Å². The molecule has 0 saturated heterocycles. The van der Waals surface area contributed by atoms with E-state index < -0.39 is 0 Å². The Morgan fingerprint density at radius 3 is 2.45 bits per heavy atom. The van der Waals surface area contributed by atoms with Crippen molar-refractivity contribution in [3.8, 4) is 0 Å². The third-order valence-electron chi connectivity index (χ3n) is 1.47. The maximum absolute atomic E-state index is 5.39. The van der Waals surface area contributed by atoms with Gasteiger partial charge in [-0.25, -0.2) is 9.97 Å². The van der Waals surface area contributed by atoms with Crippen LogP contribution in [0.2, 0.25) is 0 Å². The number of nitrogens with two attached hydrogens (primary N) is 1. The Morgan fingerprint density at radius 1 is 1.36 bits per heavy atom. The van der Waals surface area contributed by atoms with Gasteiger partial charge in [-0.3, -0.25) is 0 Å². The summed E-state index contributed by atoms with van der Waals surface area (Å²) in [5, 5.41) is 0. The molecule has 1 rings (SSSR count). The van der Waals surface area contributed by atoms with Crippen LogP contribution < -0.4 is 5.73 Å². The maximum Gasteiger partial charge on any atom is 0.128 e. The minimum absolute atomic E-state index is 0.520. The molecule has 11 heavy (non-hydrogen) atoms. The Morgan fingerprint density at radius 2 is 2.00 bits per heavy atom. The van der Waals surface area contributed by atoms with Gasteiger partial charge in [0.1, 0.15) is 5.82 Å². The first-order chi connectivity index (χ1) is 5.36. The van der Waals surface area contributed by atoms with Gasteiger partial charge in [0.05, 0.1) is 0 Å². The van der Waals surface area contributed by atoms with Crippen LogP contribution in [0.5, 0.6) is 0 Å². The van der Waals surface area contributed by atoms with Crippen molar-refractivity contribution in [1.82, 2.24) is 9.97 Å². The van der Waals surface area contributed by atoms with Gasteiger partial charge in [0.15, 0.2) is 0 Å². The van der Waals surface area contributed by atoms with E-state index in [0.717, 1.165) is 24.2 Å². The highest BCUT2D eigenvalue weighted by Gasteiger charge is 1.93. The van der Waals surface area contributed by atoms with Crippen LogP contribution in [0.3, 0.4) is 0 Å². The van der Waals surface area contributed by atoms with Crippen molar-refractivity contribution in [2.24, 2.45) is 5.73 Å². The summed E-state index contributed by atoms with van der Waals surface area (Å²) in [6, 6.07) is 0. The summed E-state index contributed by atoms with van der Waals surface area (Å²) in [5.74, 6) is 0.907. The Bertz CT molecular complexity index is 205. The van der Waals surface area contributed by atoms with Crippen LogP contribution in [-0.4, -0.2) is 9.97 Å². The molecule has 3 heteroatoms. The highest BCUT2D eigenvalue weighted by molar-refractivity contribution is 5.04. The molecule has 0 aliphatic rings. The third-order valence-corrected chi connectivity index (χ3v) is 1.47. The second kappa shape index (κ2) is 4.03. The molecule has 1 aromatic rings. The predicted octanol–water partition coefficient (Wildman–Crippen LogP) is 0.888. The van der Waals surface area contributed by atoms with Crippen molar-refractivity contribution in [1.29, 1.82) is 0 Å². The van der Waals surface area contributed by atoms with Gasteiger partial charge in [0.2, 0.25) is 0 Å². The van der Waals surface area contributed by atoms with E-state index in [1.165, 1.54) is 0 Å². The van der Waals surface area contributed by atoms with E-state index in [1.54, 1.807) is 12.4 Å². The van der Waals surface area contributed by atoms with Gasteiger partial charge in [-0.15, -0.1) is 0 Å². The quantitative estimate of drug-likeness (QED) is 0.698. The first kappa shape index (κ1) is 8.14. The largest absolute Gasteiger partial charge is 0.326 e. The van der Waals surface area contributed by atoms with E-state index in [-0.39, 0.29) is 0 Å².